The first-order valence-electron chi connectivity index (χ1n) is 8.51. The largest absolute Gasteiger partial charge is 0.337 e. The van der Waals surface area contributed by atoms with Crippen LogP contribution >= 0.6 is 0 Å². The van der Waals surface area contributed by atoms with Gasteiger partial charge in [-0.3, -0.25) is 9.78 Å². The van der Waals surface area contributed by atoms with Gasteiger partial charge in [-0.2, -0.15) is 0 Å². The molecular weight excluding hydrogens is 274 g/mol. The molecule has 1 spiro atoms. The molecule has 2 aliphatic rings. The molecule has 0 N–H and O–H groups in total. The fraction of sp³-hybridized carbons (Fsp3) is 0.667. The minimum Gasteiger partial charge on any atom is -0.337 e. The van der Waals surface area contributed by atoms with Crippen LogP contribution in [0.1, 0.15) is 43.6 Å². The SMILES string of the molecule is CC(C)CN1CCC[C@]2(CCN(C(=O)c3ccccn3)C2)C1. The maximum atomic E-state index is 12.6. The molecule has 2 aliphatic heterocycles. The topological polar surface area (TPSA) is 36.4 Å². The van der Waals surface area contributed by atoms with E-state index in [1.54, 1.807) is 6.20 Å². The molecule has 4 nitrogen and oxygen atoms in total. The van der Waals surface area contributed by atoms with E-state index >= 15 is 0 Å². The summed E-state index contributed by atoms with van der Waals surface area (Å²) < 4.78 is 0. The molecule has 2 fully saturated rings. The molecule has 0 saturated carbocycles. The molecule has 1 atom stereocenters. The third kappa shape index (κ3) is 3.32. The fourth-order valence-corrected chi connectivity index (χ4v) is 4.08. The molecule has 3 rings (SSSR count). The molecule has 3 heterocycles. The summed E-state index contributed by atoms with van der Waals surface area (Å²) in [4.78, 5) is 21.4. The number of hydrogen-bond donors (Lipinski definition) is 0. The number of pyridine rings is 1. The van der Waals surface area contributed by atoms with Crippen LogP contribution in [-0.4, -0.2) is 53.4 Å². The summed E-state index contributed by atoms with van der Waals surface area (Å²) >= 11 is 0. The van der Waals surface area contributed by atoms with Gasteiger partial charge in [0.25, 0.3) is 5.91 Å². The van der Waals surface area contributed by atoms with Crippen molar-refractivity contribution in [3.63, 3.8) is 0 Å². The predicted octanol–water partition coefficient (Wildman–Crippen LogP) is 2.67. The van der Waals surface area contributed by atoms with Crippen molar-refractivity contribution in [2.24, 2.45) is 11.3 Å². The first-order valence-corrected chi connectivity index (χ1v) is 8.51. The Morgan fingerprint density at radius 1 is 1.27 bits per heavy atom. The minimum atomic E-state index is 0.0958. The van der Waals surface area contributed by atoms with E-state index < -0.39 is 0 Å². The Balaban J connectivity index is 1.65. The van der Waals surface area contributed by atoms with Gasteiger partial charge >= 0.3 is 0 Å². The van der Waals surface area contributed by atoms with Crippen LogP contribution in [-0.2, 0) is 0 Å². The second-order valence-electron chi connectivity index (χ2n) is 7.42. The Hall–Kier alpha value is -1.42. The van der Waals surface area contributed by atoms with Crippen molar-refractivity contribution in [2.45, 2.75) is 33.1 Å². The van der Waals surface area contributed by atoms with Crippen LogP contribution in [0.4, 0.5) is 0 Å². The van der Waals surface area contributed by atoms with Crippen molar-refractivity contribution < 1.29 is 4.79 Å². The number of aromatic nitrogens is 1. The molecule has 0 unspecified atom stereocenters. The lowest BCUT2D eigenvalue weighted by atomic mass is 9.79. The smallest absolute Gasteiger partial charge is 0.272 e. The van der Waals surface area contributed by atoms with E-state index in [9.17, 15) is 4.79 Å². The number of amides is 1. The lowest BCUT2D eigenvalue weighted by molar-refractivity contribution is 0.0662. The van der Waals surface area contributed by atoms with E-state index in [0.717, 1.165) is 26.1 Å². The predicted molar refractivity (Wildman–Crippen MR) is 87.7 cm³/mol. The molecule has 0 bridgehead atoms. The van der Waals surface area contributed by atoms with Gasteiger partial charge in [0, 0.05) is 37.8 Å². The molecule has 2 saturated heterocycles. The van der Waals surface area contributed by atoms with Crippen LogP contribution in [0.2, 0.25) is 0 Å². The van der Waals surface area contributed by atoms with Gasteiger partial charge in [-0.15, -0.1) is 0 Å². The molecule has 0 radical (unpaired) electrons. The van der Waals surface area contributed by atoms with Gasteiger partial charge in [-0.05, 0) is 43.9 Å². The molecule has 0 aromatic carbocycles. The third-order valence-electron chi connectivity index (χ3n) is 4.97. The molecule has 120 valence electrons. The van der Waals surface area contributed by atoms with Gasteiger partial charge in [-0.25, -0.2) is 0 Å². The zero-order valence-corrected chi connectivity index (χ0v) is 13.8. The van der Waals surface area contributed by atoms with Crippen LogP contribution in [0, 0.1) is 11.3 Å². The number of rotatable bonds is 3. The van der Waals surface area contributed by atoms with Gasteiger partial charge < -0.3 is 9.80 Å². The number of likely N-dealkylation sites (tertiary alicyclic amines) is 2. The molecule has 22 heavy (non-hydrogen) atoms. The quantitative estimate of drug-likeness (QED) is 0.861. The van der Waals surface area contributed by atoms with E-state index in [4.69, 9.17) is 0 Å². The monoisotopic (exact) mass is 301 g/mol. The number of carbonyl (C=O) groups is 1. The average Bonchev–Trinajstić information content (AvgIpc) is 2.90. The summed E-state index contributed by atoms with van der Waals surface area (Å²) in [6.07, 6.45) is 5.36. The second-order valence-corrected chi connectivity index (χ2v) is 7.42. The highest BCUT2D eigenvalue weighted by Crippen LogP contribution is 2.39. The van der Waals surface area contributed by atoms with E-state index in [-0.39, 0.29) is 5.91 Å². The van der Waals surface area contributed by atoms with Gasteiger partial charge in [0.1, 0.15) is 5.69 Å². The normalized spacial score (nSPS) is 26.0. The van der Waals surface area contributed by atoms with Crippen molar-refractivity contribution in [1.29, 1.82) is 0 Å². The van der Waals surface area contributed by atoms with Crippen LogP contribution in [0.5, 0.6) is 0 Å². The third-order valence-corrected chi connectivity index (χ3v) is 4.97. The highest BCUT2D eigenvalue weighted by molar-refractivity contribution is 5.92. The molecule has 4 heteroatoms. The lowest BCUT2D eigenvalue weighted by Gasteiger charge is -2.41. The van der Waals surface area contributed by atoms with Crippen LogP contribution in [0.15, 0.2) is 24.4 Å². The Labute approximate surface area is 133 Å². The number of carbonyl (C=O) groups excluding carboxylic acids is 1. The first-order chi connectivity index (χ1) is 10.6. The van der Waals surface area contributed by atoms with Crippen molar-refractivity contribution in [3.05, 3.63) is 30.1 Å². The fourth-order valence-electron chi connectivity index (χ4n) is 4.08. The summed E-state index contributed by atoms with van der Waals surface area (Å²) in [5.74, 6) is 0.807. The van der Waals surface area contributed by atoms with E-state index in [0.29, 0.717) is 17.0 Å². The van der Waals surface area contributed by atoms with E-state index in [2.05, 4.69) is 23.7 Å². The second kappa shape index (κ2) is 6.37. The number of nitrogens with zero attached hydrogens (tertiary/aromatic N) is 3. The Bertz CT molecular complexity index is 516. The van der Waals surface area contributed by atoms with Gasteiger partial charge in [0.05, 0.1) is 0 Å². The number of hydrogen-bond acceptors (Lipinski definition) is 3. The molecular formula is C18H27N3O. The van der Waals surface area contributed by atoms with Gasteiger partial charge in [-0.1, -0.05) is 19.9 Å². The maximum absolute atomic E-state index is 12.6. The van der Waals surface area contributed by atoms with E-state index in [1.807, 2.05) is 23.1 Å². The summed E-state index contributed by atoms with van der Waals surface area (Å²) in [6, 6.07) is 5.56. The van der Waals surface area contributed by atoms with Gasteiger partial charge in [0.15, 0.2) is 0 Å². The minimum absolute atomic E-state index is 0.0958. The summed E-state index contributed by atoms with van der Waals surface area (Å²) in [7, 11) is 0. The Morgan fingerprint density at radius 2 is 2.14 bits per heavy atom. The maximum Gasteiger partial charge on any atom is 0.272 e. The zero-order valence-electron chi connectivity index (χ0n) is 13.8. The lowest BCUT2D eigenvalue weighted by Crippen LogP contribution is -2.46. The Kier molecular flexibility index (Phi) is 4.48. The van der Waals surface area contributed by atoms with Crippen LogP contribution < -0.4 is 0 Å². The Morgan fingerprint density at radius 3 is 2.86 bits per heavy atom. The van der Waals surface area contributed by atoms with Gasteiger partial charge in [0.2, 0.25) is 0 Å². The molecule has 1 amide bonds. The van der Waals surface area contributed by atoms with E-state index in [1.165, 1.54) is 25.9 Å². The molecule has 1 aromatic heterocycles. The number of piperidine rings is 1. The van der Waals surface area contributed by atoms with Crippen LogP contribution in [0.3, 0.4) is 0 Å². The molecule has 1 aromatic rings. The summed E-state index contributed by atoms with van der Waals surface area (Å²) in [5.41, 5.74) is 0.895. The van der Waals surface area contributed by atoms with Crippen molar-refractivity contribution in [3.8, 4) is 0 Å². The zero-order chi connectivity index (χ0) is 15.6. The van der Waals surface area contributed by atoms with Crippen molar-refractivity contribution in [2.75, 3.05) is 32.7 Å². The molecule has 0 aliphatic carbocycles. The summed E-state index contributed by atoms with van der Waals surface area (Å²) in [6.45, 7) is 9.89. The highest BCUT2D eigenvalue weighted by atomic mass is 16.2. The average molecular weight is 301 g/mol. The summed E-state index contributed by atoms with van der Waals surface area (Å²) in [5, 5.41) is 0. The van der Waals surface area contributed by atoms with Crippen molar-refractivity contribution in [1.82, 2.24) is 14.8 Å². The first kappa shape index (κ1) is 15.5. The van der Waals surface area contributed by atoms with Crippen molar-refractivity contribution >= 4 is 5.91 Å². The highest BCUT2D eigenvalue weighted by Gasteiger charge is 2.42. The van der Waals surface area contributed by atoms with Crippen LogP contribution in [0.25, 0.3) is 0 Å². The standard InChI is InChI=1S/C18H27N3O/c1-15(2)12-20-10-5-7-18(13-20)8-11-21(14-18)17(22)16-6-3-4-9-19-16/h3-4,6,9,15H,5,7-8,10-14H2,1-2H3/t18-/m0/s1.